The molecule has 1 saturated heterocycles. The quantitative estimate of drug-likeness (QED) is 0.634. The third-order valence-corrected chi connectivity index (χ3v) is 8.81. The number of aldehydes is 1. The lowest BCUT2D eigenvalue weighted by Crippen LogP contribution is -2.36. The summed E-state index contributed by atoms with van der Waals surface area (Å²) in [6.07, 6.45) is 5.20. The van der Waals surface area contributed by atoms with Crippen molar-refractivity contribution in [3.63, 3.8) is 0 Å². The average Bonchev–Trinajstić information content (AvgIpc) is 3.07. The van der Waals surface area contributed by atoms with E-state index in [4.69, 9.17) is 8.92 Å². The minimum atomic E-state index is -1.22. The lowest BCUT2D eigenvalue weighted by atomic mass is 10.3. The second-order valence-electron chi connectivity index (χ2n) is 6.63. The maximum atomic E-state index is 11.3. The van der Waals surface area contributed by atoms with Gasteiger partial charge in [0.2, 0.25) is 0 Å². The minimum Gasteiger partial charge on any atom is -0.378 e. The van der Waals surface area contributed by atoms with Gasteiger partial charge in [0.25, 0.3) is 0 Å². The molecule has 5 nitrogen and oxygen atoms in total. The predicted octanol–water partition coefficient (Wildman–Crippen LogP) is 5.14. The Morgan fingerprint density at radius 2 is 1.73 bits per heavy atom. The number of rotatable bonds is 5. The summed E-state index contributed by atoms with van der Waals surface area (Å²) >= 11 is 1.44. The maximum Gasteiger partial charge on any atom is 0.186 e. The van der Waals surface area contributed by atoms with Gasteiger partial charge in [0.1, 0.15) is 6.61 Å². The van der Waals surface area contributed by atoms with Gasteiger partial charge in [0.15, 0.2) is 11.4 Å². The number of ether oxygens (including phenoxy) is 1. The van der Waals surface area contributed by atoms with Crippen LogP contribution in [0, 0.1) is 0 Å². The van der Waals surface area contributed by atoms with E-state index in [1.807, 2.05) is 27.7 Å². The van der Waals surface area contributed by atoms with Crippen molar-refractivity contribution in [3.05, 3.63) is 10.6 Å². The first-order chi connectivity index (χ1) is 12.2. The van der Waals surface area contributed by atoms with Gasteiger partial charge >= 0.3 is 0 Å². The molecule has 0 spiro atoms. The van der Waals surface area contributed by atoms with E-state index < -0.39 is 10.3 Å². The minimum absolute atomic E-state index is 0.0946. The summed E-state index contributed by atoms with van der Waals surface area (Å²) in [4.78, 5) is 18.8. The number of morpholine rings is 1. The summed E-state index contributed by atoms with van der Waals surface area (Å²) in [6.45, 7) is 18.0. The number of hydrogen-bond acceptors (Lipinski definition) is 6. The first-order valence-corrected chi connectivity index (χ1v) is 12.6. The fraction of sp³-hybridized carbons (Fsp3) is 0.789. The second-order valence-corrected chi connectivity index (χ2v) is 11.6. The molecular weight excluding hydrogens is 368 g/mol. The van der Waals surface area contributed by atoms with Crippen LogP contribution in [0.15, 0.2) is 0 Å². The van der Waals surface area contributed by atoms with E-state index >= 15 is 0 Å². The zero-order chi connectivity index (χ0) is 20.4. The van der Waals surface area contributed by atoms with Crippen LogP contribution in [0.4, 0.5) is 5.13 Å². The molecule has 1 fully saturated rings. The number of anilines is 1. The van der Waals surface area contributed by atoms with Crippen molar-refractivity contribution in [1.29, 1.82) is 0 Å². The van der Waals surface area contributed by atoms with Crippen LogP contribution in [0.3, 0.4) is 0 Å². The van der Waals surface area contributed by atoms with Crippen molar-refractivity contribution >= 4 is 33.1 Å². The molecule has 0 unspecified atom stereocenters. The molecule has 2 heterocycles. The van der Waals surface area contributed by atoms with Crippen molar-refractivity contribution in [2.75, 3.05) is 43.7 Å². The normalized spacial score (nSPS) is 15.3. The summed E-state index contributed by atoms with van der Waals surface area (Å²) < 4.78 is 11.6. The number of nitrogens with zero attached hydrogens (tertiary/aromatic N) is 2. The molecule has 7 heteroatoms. The SMILES string of the molecule is CC.CC.CC(C)(C)S(C)(C)OCc1nc(N2CCOCC2)sc1C=O. The van der Waals surface area contributed by atoms with Crippen LogP contribution in [0.5, 0.6) is 0 Å². The Balaban J connectivity index is 0.00000146. The van der Waals surface area contributed by atoms with Crippen LogP contribution in [-0.4, -0.2) is 54.8 Å². The number of thiazole rings is 1. The highest BCUT2D eigenvalue weighted by molar-refractivity contribution is 8.29. The van der Waals surface area contributed by atoms with E-state index in [0.717, 1.165) is 30.2 Å². The van der Waals surface area contributed by atoms with E-state index in [-0.39, 0.29) is 4.75 Å². The van der Waals surface area contributed by atoms with Gasteiger partial charge in [0.05, 0.1) is 23.8 Å². The van der Waals surface area contributed by atoms with Crippen LogP contribution in [0.25, 0.3) is 0 Å². The monoisotopic (exact) mass is 406 g/mol. The Morgan fingerprint density at radius 1 is 1.19 bits per heavy atom. The summed E-state index contributed by atoms with van der Waals surface area (Å²) in [5.41, 5.74) is 0.756. The van der Waals surface area contributed by atoms with Gasteiger partial charge in [-0.3, -0.25) is 4.79 Å². The number of carbonyl (C=O) groups is 1. The van der Waals surface area contributed by atoms with Crippen molar-refractivity contribution < 1.29 is 13.7 Å². The zero-order valence-electron chi connectivity index (χ0n) is 18.0. The third kappa shape index (κ3) is 7.18. The molecule has 0 aromatic carbocycles. The highest BCUT2D eigenvalue weighted by Gasteiger charge is 2.29. The number of carbonyl (C=O) groups excluding carboxylic acids is 1. The molecule has 0 N–H and O–H groups in total. The van der Waals surface area contributed by atoms with Gasteiger partial charge in [-0.15, -0.1) is 10.3 Å². The molecule has 1 aromatic heterocycles. The van der Waals surface area contributed by atoms with Crippen molar-refractivity contribution in [3.8, 4) is 0 Å². The molecular formula is C19H38N2O3S2. The molecule has 0 bridgehead atoms. The van der Waals surface area contributed by atoms with Crippen molar-refractivity contribution in [1.82, 2.24) is 4.98 Å². The van der Waals surface area contributed by atoms with Crippen LogP contribution >= 0.6 is 21.6 Å². The molecule has 0 aliphatic carbocycles. The molecule has 0 amide bonds. The van der Waals surface area contributed by atoms with E-state index in [9.17, 15) is 4.79 Å². The average molecular weight is 407 g/mol. The lowest BCUT2D eigenvalue weighted by Gasteiger charge is -2.43. The Hall–Kier alpha value is -0.630. The number of aromatic nitrogens is 1. The van der Waals surface area contributed by atoms with Crippen molar-refractivity contribution in [2.24, 2.45) is 0 Å². The standard InChI is InChI=1S/C15H26N2O3S2.2C2H6/c1-15(2,3)22(4,5)20-11-12-13(10-18)21-14(16-12)17-6-8-19-9-7-17;2*1-2/h10H,6-9,11H2,1-5H3;2*1-2H3. The molecule has 1 aliphatic rings. The Morgan fingerprint density at radius 3 is 2.19 bits per heavy atom. The first-order valence-electron chi connectivity index (χ1n) is 9.39. The Labute approximate surface area is 166 Å². The molecule has 26 heavy (non-hydrogen) atoms. The van der Waals surface area contributed by atoms with E-state index in [1.165, 1.54) is 11.3 Å². The molecule has 0 saturated carbocycles. The molecule has 154 valence electrons. The molecule has 1 aromatic rings. The van der Waals surface area contributed by atoms with Crippen LogP contribution in [0.2, 0.25) is 0 Å². The zero-order valence-corrected chi connectivity index (χ0v) is 19.7. The Bertz CT molecular complexity index is 519. The predicted molar refractivity (Wildman–Crippen MR) is 117 cm³/mol. The molecule has 1 aliphatic heterocycles. The lowest BCUT2D eigenvalue weighted by molar-refractivity contribution is 0.112. The van der Waals surface area contributed by atoms with E-state index in [0.29, 0.717) is 24.7 Å². The smallest absolute Gasteiger partial charge is 0.186 e. The van der Waals surface area contributed by atoms with Crippen LogP contribution in [-0.2, 0) is 15.5 Å². The number of hydrogen-bond donors (Lipinski definition) is 0. The van der Waals surface area contributed by atoms with Crippen molar-refractivity contribution in [2.45, 2.75) is 59.8 Å². The molecule has 0 radical (unpaired) electrons. The van der Waals surface area contributed by atoms with Crippen LogP contribution < -0.4 is 4.90 Å². The third-order valence-electron chi connectivity index (χ3n) is 4.07. The first kappa shape index (κ1) is 25.4. The van der Waals surface area contributed by atoms with Gasteiger partial charge in [-0.2, -0.15) is 0 Å². The Kier molecular flexibility index (Phi) is 11.7. The fourth-order valence-electron chi connectivity index (χ4n) is 1.82. The second kappa shape index (κ2) is 12.0. The molecule has 0 atom stereocenters. The van der Waals surface area contributed by atoms with Gasteiger partial charge in [-0.1, -0.05) is 59.8 Å². The maximum absolute atomic E-state index is 11.3. The highest BCUT2D eigenvalue weighted by Crippen LogP contribution is 2.54. The van der Waals surface area contributed by atoms with Gasteiger partial charge in [0, 0.05) is 17.8 Å². The van der Waals surface area contributed by atoms with E-state index in [1.54, 1.807) is 0 Å². The van der Waals surface area contributed by atoms with Gasteiger partial charge < -0.3 is 13.8 Å². The summed E-state index contributed by atoms with van der Waals surface area (Å²) in [5, 5.41) is 0.896. The largest absolute Gasteiger partial charge is 0.378 e. The topological polar surface area (TPSA) is 51.7 Å². The van der Waals surface area contributed by atoms with Gasteiger partial charge in [-0.25, -0.2) is 4.98 Å². The van der Waals surface area contributed by atoms with Gasteiger partial charge in [-0.05, 0) is 12.5 Å². The fourth-order valence-corrected chi connectivity index (χ4v) is 3.51. The van der Waals surface area contributed by atoms with E-state index in [2.05, 4.69) is 43.2 Å². The summed E-state index contributed by atoms with van der Waals surface area (Å²) in [5.74, 6) is 0. The highest BCUT2D eigenvalue weighted by atomic mass is 32.3. The summed E-state index contributed by atoms with van der Waals surface area (Å²) in [7, 11) is -1.22. The van der Waals surface area contributed by atoms with Crippen LogP contribution in [0.1, 0.15) is 63.8 Å². The molecule has 2 rings (SSSR count). The summed E-state index contributed by atoms with van der Waals surface area (Å²) in [6, 6.07) is 0.